The van der Waals surface area contributed by atoms with Crippen molar-refractivity contribution in [3.05, 3.63) is 51.2 Å². The van der Waals surface area contributed by atoms with Crippen LogP contribution in [0.1, 0.15) is 6.42 Å². The molecule has 0 atom stereocenters. The number of hydrogen-bond acceptors (Lipinski definition) is 4. The van der Waals surface area contributed by atoms with Crippen LogP contribution in [0, 0.1) is 0 Å². The number of carbonyl (C=O) groups excluding carboxylic acids is 1. The van der Waals surface area contributed by atoms with Crippen molar-refractivity contribution in [1.82, 2.24) is 15.1 Å². The van der Waals surface area contributed by atoms with Gasteiger partial charge in [0.1, 0.15) is 6.54 Å². The molecule has 120 valence electrons. The van der Waals surface area contributed by atoms with E-state index in [4.69, 9.17) is 5.11 Å². The summed E-state index contributed by atoms with van der Waals surface area (Å²) < 4.78 is 1.97. The Morgan fingerprint density at radius 2 is 1.87 bits per heavy atom. The zero-order valence-electron chi connectivity index (χ0n) is 12.0. The van der Waals surface area contributed by atoms with Gasteiger partial charge in [-0.25, -0.2) is 4.68 Å². The zero-order valence-corrected chi connectivity index (χ0v) is 13.6. The summed E-state index contributed by atoms with van der Waals surface area (Å²) in [6.45, 7) is -0.252. The second-order valence-electron chi connectivity index (χ2n) is 4.72. The van der Waals surface area contributed by atoms with Gasteiger partial charge in [-0.3, -0.25) is 14.4 Å². The van der Waals surface area contributed by atoms with E-state index in [1.807, 2.05) is 24.3 Å². The topological polar surface area (TPSA) is 101 Å². The summed E-state index contributed by atoms with van der Waals surface area (Å²) in [5, 5.41) is 15.1. The van der Waals surface area contributed by atoms with Crippen LogP contribution >= 0.6 is 15.9 Å². The van der Waals surface area contributed by atoms with Crippen LogP contribution in [0.25, 0.3) is 11.3 Å². The lowest BCUT2D eigenvalue weighted by Crippen LogP contribution is -2.34. The lowest BCUT2D eigenvalue weighted by molar-refractivity contribution is -0.136. The molecule has 0 unspecified atom stereocenters. The van der Waals surface area contributed by atoms with E-state index in [1.165, 1.54) is 6.07 Å². The highest BCUT2D eigenvalue weighted by molar-refractivity contribution is 9.10. The van der Waals surface area contributed by atoms with Crippen molar-refractivity contribution in [2.75, 3.05) is 6.54 Å². The molecule has 0 aliphatic carbocycles. The average molecular weight is 380 g/mol. The van der Waals surface area contributed by atoms with Crippen LogP contribution in [0.4, 0.5) is 0 Å². The number of carbonyl (C=O) groups is 2. The van der Waals surface area contributed by atoms with Crippen molar-refractivity contribution >= 4 is 27.8 Å². The Morgan fingerprint density at radius 1 is 1.17 bits per heavy atom. The molecule has 1 aromatic carbocycles. The first kappa shape index (κ1) is 16.9. The van der Waals surface area contributed by atoms with Gasteiger partial charge in [0.05, 0.1) is 12.1 Å². The quantitative estimate of drug-likeness (QED) is 0.786. The Labute approximate surface area is 140 Å². The molecule has 0 aliphatic heterocycles. The van der Waals surface area contributed by atoms with Gasteiger partial charge in [-0.1, -0.05) is 28.1 Å². The van der Waals surface area contributed by atoms with Crippen molar-refractivity contribution in [2.24, 2.45) is 0 Å². The Hall–Kier alpha value is -2.48. The first-order valence-electron chi connectivity index (χ1n) is 6.78. The van der Waals surface area contributed by atoms with E-state index in [2.05, 4.69) is 26.3 Å². The standard InChI is InChI=1S/C15H14BrN3O4/c16-11-3-1-10(2-4-11)12-5-6-14(21)19(18-12)9-13(20)17-8-7-15(22)23/h1-6H,7-9H2,(H,17,20)(H,22,23). The molecule has 0 aliphatic rings. The third kappa shape index (κ3) is 5.03. The number of rotatable bonds is 6. The summed E-state index contributed by atoms with van der Waals surface area (Å²) in [5.41, 5.74) is 0.975. The van der Waals surface area contributed by atoms with Crippen LogP contribution < -0.4 is 10.9 Å². The monoisotopic (exact) mass is 379 g/mol. The SMILES string of the molecule is O=C(O)CCNC(=O)Cn1nc(-c2ccc(Br)cc2)ccc1=O. The minimum absolute atomic E-state index is 0.00925. The van der Waals surface area contributed by atoms with Gasteiger partial charge in [-0.15, -0.1) is 0 Å². The second kappa shape index (κ2) is 7.68. The molecule has 0 spiro atoms. The summed E-state index contributed by atoms with van der Waals surface area (Å²) >= 11 is 3.34. The minimum atomic E-state index is -1.00. The fourth-order valence-corrected chi connectivity index (χ4v) is 2.10. The van der Waals surface area contributed by atoms with Gasteiger partial charge in [-0.2, -0.15) is 5.10 Å². The van der Waals surface area contributed by atoms with Crippen molar-refractivity contribution in [3.63, 3.8) is 0 Å². The van der Waals surface area contributed by atoms with E-state index in [0.29, 0.717) is 5.69 Å². The Morgan fingerprint density at radius 3 is 2.52 bits per heavy atom. The van der Waals surface area contributed by atoms with Crippen LogP contribution in [-0.4, -0.2) is 33.3 Å². The average Bonchev–Trinajstić information content (AvgIpc) is 2.50. The van der Waals surface area contributed by atoms with Crippen LogP contribution in [0.3, 0.4) is 0 Å². The first-order valence-corrected chi connectivity index (χ1v) is 7.57. The van der Waals surface area contributed by atoms with E-state index < -0.39 is 17.4 Å². The normalized spacial score (nSPS) is 10.3. The number of aliphatic carboxylic acids is 1. The lowest BCUT2D eigenvalue weighted by atomic mass is 10.1. The van der Waals surface area contributed by atoms with Crippen molar-refractivity contribution < 1.29 is 14.7 Å². The number of nitrogens with one attached hydrogen (secondary N) is 1. The summed E-state index contributed by atoms with van der Waals surface area (Å²) in [5.74, 6) is -1.47. The lowest BCUT2D eigenvalue weighted by Gasteiger charge is -2.08. The maximum atomic E-state index is 11.8. The molecule has 2 aromatic rings. The van der Waals surface area contributed by atoms with Gasteiger partial charge in [0.2, 0.25) is 5.91 Å². The highest BCUT2D eigenvalue weighted by atomic mass is 79.9. The van der Waals surface area contributed by atoms with Crippen molar-refractivity contribution in [1.29, 1.82) is 0 Å². The molecule has 0 fully saturated rings. The number of carboxylic acids is 1. The minimum Gasteiger partial charge on any atom is -0.481 e. The number of carboxylic acid groups (broad SMARTS) is 1. The van der Waals surface area contributed by atoms with Gasteiger partial charge in [0.15, 0.2) is 0 Å². The van der Waals surface area contributed by atoms with Gasteiger partial charge >= 0.3 is 5.97 Å². The molecule has 2 rings (SSSR count). The third-order valence-corrected chi connectivity index (χ3v) is 3.49. The van der Waals surface area contributed by atoms with Crippen LogP contribution in [0.5, 0.6) is 0 Å². The molecule has 0 radical (unpaired) electrons. The van der Waals surface area contributed by atoms with Crippen LogP contribution in [0.15, 0.2) is 45.7 Å². The van der Waals surface area contributed by atoms with Crippen molar-refractivity contribution in [2.45, 2.75) is 13.0 Å². The molecular formula is C15H14BrN3O4. The molecule has 0 saturated carbocycles. The predicted molar refractivity (Wildman–Crippen MR) is 86.9 cm³/mol. The first-order chi connectivity index (χ1) is 11.0. The molecule has 1 heterocycles. The number of amides is 1. The summed E-state index contributed by atoms with van der Waals surface area (Å²) in [4.78, 5) is 33.9. The highest BCUT2D eigenvalue weighted by Gasteiger charge is 2.08. The van der Waals surface area contributed by atoms with Gasteiger partial charge in [0, 0.05) is 22.6 Å². The Kier molecular flexibility index (Phi) is 5.64. The van der Waals surface area contributed by atoms with Gasteiger partial charge in [-0.05, 0) is 18.2 Å². The molecule has 1 aromatic heterocycles. The molecule has 7 nitrogen and oxygen atoms in total. The van der Waals surface area contributed by atoms with E-state index in [0.717, 1.165) is 14.7 Å². The highest BCUT2D eigenvalue weighted by Crippen LogP contribution is 2.18. The van der Waals surface area contributed by atoms with E-state index in [9.17, 15) is 14.4 Å². The van der Waals surface area contributed by atoms with Crippen LogP contribution in [-0.2, 0) is 16.1 Å². The maximum absolute atomic E-state index is 11.8. The molecule has 0 saturated heterocycles. The molecule has 8 heteroatoms. The molecule has 1 amide bonds. The number of nitrogens with zero attached hydrogens (tertiary/aromatic N) is 2. The van der Waals surface area contributed by atoms with Gasteiger partial charge in [0.25, 0.3) is 5.56 Å². The molecule has 0 bridgehead atoms. The van der Waals surface area contributed by atoms with Crippen molar-refractivity contribution in [3.8, 4) is 11.3 Å². The number of benzene rings is 1. The van der Waals surface area contributed by atoms with E-state index in [-0.39, 0.29) is 19.5 Å². The smallest absolute Gasteiger partial charge is 0.305 e. The second-order valence-corrected chi connectivity index (χ2v) is 5.63. The molecule has 2 N–H and O–H groups in total. The number of aromatic nitrogens is 2. The zero-order chi connectivity index (χ0) is 16.8. The van der Waals surface area contributed by atoms with Gasteiger partial charge < -0.3 is 10.4 Å². The maximum Gasteiger partial charge on any atom is 0.305 e. The number of halogens is 1. The Bertz CT molecular complexity index is 771. The summed E-state index contributed by atoms with van der Waals surface area (Å²) in [6.07, 6.45) is -0.174. The van der Waals surface area contributed by atoms with E-state index in [1.54, 1.807) is 6.07 Å². The summed E-state index contributed by atoms with van der Waals surface area (Å²) in [6, 6.07) is 10.3. The molecular weight excluding hydrogens is 366 g/mol. The molecule has 23 heavy (non-hydrogen) atoms. The fourth-order valence-electron chi connectivity index (χ4n) is 1.84. The van der Waals surface area contributed by atoms with E-state index >= 15 is 0 Å². The fraction of sp³-hybridized carbons (Fsp3) is 0.200. The third-order valence-electron chi connectivity index (χ3n) is 2.96. The largest absolute Gasteiger partial charge is 0.481 e. The summed E-state index contributed by atoms with van der Waals surface area (Å²) in [7, 11) is 0. The Balaban J connectivity index is 2.11. The predicted octanol–water partition coefficient (Wildman–Crippen LogP) is 1.26. The number of hydrogen-bond donors (Lipinski definition) is 2. The van der Waals surface area contributed by atoms with Crippen LogP contribution in [0.2, 0.25) is 0 Å².